The van der Waals surface area contributed by atoms with Crippen molar-refractivity contribution < 1.29 is 37.8 Å². The highest BCUT2D eigenvalue weighted by Crippen LogP contribution is 2.41. The van der Waals surface area contributed by atoms with E-state index in [1.165, 1.54) is 11.1 Å². The molecule has 0 spiro atoms. The lowest BCUT2D eigenvalue weighted by Crippen LogP contribution is -2.40. The quantitative estimate of drug-likeness (QED) is 0.121. The number of hydrogen-bond donors (Lipinski definition) is 0. The molecule has 2 aliphatic rings. The number of carbonyl (C=O) groups excluding carboxylic acids is 1. The largest absolute Gasteiger partial charge is 0.494 e. The molecule has 0 saturated heterocycles. The molecule has 3 heterocycles. The number of unbranched alkanes of at least 4 members (excludes halogenated alkanes) is 2. The van der Waals surface area contributed by atoms with Gasteiger partial charge in [0, 0.05) is 12.5 Å². The molecule has 0 radical (unpaired) electrons. The van der Waals surface area contributed by atoms with Crippen LogP contribution in [-0.4, -0.2) is 39.7 Å². The fourth-order valence-electron chi connectivity index (χ4n) is 5.58. The molecule has 0 aliphatic carbocycles. The number of hydrogen-bond acceptors (Lipinski definition) is 7. The molecule has 42 heavy (non-hydrogen) atoms. The van der Waals surface area contributed by atoms with Gasteiger partial charge in [0.05, 0.1) is 44.3 Å². The summed E-state index contributed by atoms with van der Waals surface area (Å²) >= 11 is 0. The molecular weight excluding hydrogens is 534 g/mol. The fraction of sp³-hybridized carbons (Fsp3) is 0.353. The lowest BCUT2D eigenvalue weighted by atomic mass is 9.95. The molecule has 8 nitrogen and oxygen atoms in total. The Morgan fingerprint density at radius 2 is 1.79 bits per heavy atom. The minimum absolute atomic E-state index is 0.227. The molecular formula is C34H36NO7+. The molecule has 0 fully saturated rings. The van der Waals surface area contributed by atoms with Gasteiger partial charge in [0.2, 0.25) is 12.5 Å². The van der Waals surface area contributed by atoms with Crippen LogP contribution in [-0.2, 0) is 28.9 Å². The number of nitrogens with zero attached hydrogens (tertiary/aromatic N) is 1. The van der Waals surface area contributed by atoms with Crippen LogP contribution in [0.5, 0.6) is 28.7 Å². The molecule has 0 unspecified atom stereocenters. The standard InChI is InChI=1S/C34H36NO7/c1-3-38-33(36)17-23-8-7-9-26(16-23)39-14-5-4-6-15-40-34-28-21-35-13-12-25-19-31-32(42-22-41-31)20-27(25)29(35)18-24(28)10-11-30(34)37-2/h7-11,16,18-21H,3-6,12-15,17,22H2,1-2H3/q+1. The number of aromatic nitrogens is 1. The van der Waals surface area contributed by atoms with Gasteiger partial charge in [-0.15, -0.1) is 0 Å². The van der Waals surface area contributed by atoms with Gasteiger partial charge >= 0.3 is 5.97 Å². The Morgan fingerprint density at radius 1 is 0.952 bits per heavy atom. The maximum Gasteiger partial charge on any atom is 0.310 e. The minimum Gasteiger partial charge on any atom is -0.494 e. The van der Waals surface area contributed by atoms with Gasteiger partial charge in [-0.2, -0.15) is 4.57 Å². The average molecular weight is 571 g/mol. The topological polar surface area (TPSA) is 76.3 Å². The Balaban J connectivity index is 1.06. The molecule has 0 saturated carbocycles. The van der Waals surface area contributed by atoms with Gasteiger partial charge in [-0.25, -0.2) is 0 Å². The highest BCUT2D eigenvalue weighted by Gasteiger charge is 2.28. The SMILES string of the molecule is CCOC(=O)Cc1cccc(OCCCCCOc2c(OC)ccc3cc4[n+](cc23)CCc2cc3c(cc2-4)OCO3)c1. The van der Waals surface area contributed by atoms with E-state index in [4.69, 9.17) is 28.4 Å². The van der Waals surface area contributed by atoms with Crippen molar-refractivity contribution in [3.8, 4) is 40.0 Å². The summed E-state index contributed by atoms with van der Waals surface area (Å²) in [5.74, 6) is 3.67. The summed E-state index contributed by atoms with van der Waals surface area (Å²) in [5.41, 5.74) is 4.50. The molecule has 0 amide bonds. The molecule has 218 valence electrons. The van der Waals surface area contributed by atoms with Crippen molar-refractivity contribution in [2.45, 2.75) is 45.6 Å². The number of aryl methyl sites for hydroxylation is 2. The normalized spacial score (nSPS) is 12.9. The number of benzene rings is 3. The minimum atomic E-state index is -0.227. The Hall–Kier alpha value is -4.46. The summed E-state index contributed by atoms with van der Waals surface area (Å²) in [4.78, 5) is 11.7. The summed E-state index contributed by atoms with van der Waals surface area (Å²) in [6.45, 7) is 4.53. The Bertz CT molecular complexity index is 1600. The zero-order valence-electron chi connectivity index (χ0n) is 24.1. The van der Waals surface area contributed by atoms with Crippen LogP contribution in [0.25, 0.3) is 22.0 Å². The zero-order chi connectivity index (χ0) is 28.9. The molecule has 3 aromatic carbocycles. The third kappa shape index (κ3) is 5.93. The average Bonchev–Trinajstić information content (AvgIpc) is 3.46. The van der Waals surface area contributed by atoms with Gasteiger partial charge < -0.3 is 28.4 Å². The molecule has 6 rings (SSSR count). The van der Waals surface area contributed by atoms with E-state index in [1.54, 1.807) is 7.11 Å². The number of methoxy groups -OCH3 is 1. The van der Waals surface area contributed by atoms with Gasteiger partial charge in [-0.1, -0.05) is 12.1 Å². The second-order valence-electron chi connectivity index (χ2n) is 10.5. The molecule has 8 heteroatoms. The molecule has 4 aromatic rings. The summed E-state index contributed by atoms with van der Waals surface area (Å²) in [7, 11) is 1.68. The van der Waals surface area contributed by atoms with Crippen LogP contribution in [0.3, 0.4) is 0 Å². The third-order valence-corrected chi connectivity index (χ3v) is 7.65. The van der Waals surface area contributed by atoms with Gasteiger partial charge in [-0.05, 0) is 79.1 Å². The molecule has 0 N–H and O–H groups in total. The van der Waals surface area contributed by atoms with E-state index >= 15 is 0 Å². The van der Waals surface area contributed by atoms with Crippen molar-refractivity contribution in [2.75, 3.05) is 33.7 Å². The first-order valence-corrected chi connectivity index (χ1v) is 14.6. The molecule has 0 atom stereocenters. The maximum atomic E-state index is 11.7. The summed E-state index contributed by atoms with van der Waals surface area (Å²) in [6.07, 6.45) is 6.12. The Morgan fingerprint density at radius 3 is 2.62 bits per heavy atom. The van der Waals surface area contributed by atoms with Gasteiger partial charge in [0.25, 0.3) is 0 Å². The van der Waals surface area contributed by atoms with E-state index < -0.39 is 0 Å². The second-order valence-corrected chi connectivity index (χ2v) is 10.5. The van der Waals surface area contributed by atoms with E-state index in [9.17, 15) is 4.79 Å². The first-order valence-electron chi connectivity index (χ1n) is 14.6. The number of pyridine rings is 1. The Kier molecular flexibility index (Phi) is 8.30. The third-order valence-electron chi connectivity index (χ3n) is 7.65. The number of carbonyl (C=O) groups is 1. The van der Waals surface area contributed by atoms with Crippen LogP contribution in [0.2, 0.25) is 0 Å². The van der Waals surface area contributed by atoms with Crippen LogP contribution in [0.15, 0.2) is 60.8 Å². The van der Waals surface area contributed by atoms with E-state index in [2.05, 4.69) is 35.0 Å². The highest BCUT2D eigenvalue weighted by atomic mass is 16.7. The predicted molar refractivity (Wildman–Crippen MR) is 158 cm³/mol. The number of esters is 1. The molecule has 1 aromatic heterocycles. The summed E-state index contributed by atoms with van der Waals surface area (Å²) in [6, 6.07) is 18.1. The first kappa shape index (κ1) is 27.7. The van der Waals surface area contributed by atoms with Crippen molar-refractivity contribution in [3.05, 3.63) is 71.9 Å². The van der Waals surface area contributed by atoms with Crippen LogP contribution in [0.4, 0.5) is 0 Å². The highest BCUT2D eigenvalue weighted by molar-refractivity contribution is 5.91. The fourth-order valence-corrected chi connectivity index (χ4v) is 5.58. The van der Waals surface area contributed by atoms with E-state index in [1.807, 2.05) is 37.3 Å². The second kappa shape index (κ2) is 12.6. The van der Waals surface area contributed by atoms with Crippen LogP contribution < -0.4 is 28.3 Å². The maximum absolute atomic E-state index is 11.7. The first-order chi connectivity index (χ1) is 20.6. The number of fused-ring (bicyclic) bond motifs is 5. The molecule has 0 bridgehead atoms. The van der Waals surface area contributed by atoms with E-state index in [0.717, 1.165) is 83.0 Å². The van der Waals surface area contributed by atoms with Crippen molar-refractivity contribution >= 4 is 16.7 Å². The Labute approximate surface area is 245 Å². The lowest BCUT2D eigenvalue weighted by molar-refractivity contribution is -0.686. The van der Waals surface area contributed by atoms with Crippen molar-refractivity contribution in [3.63, 3.8) is 0 Å². The zero-order valence-corrected chi connectivity index (χ0v) is 24.1. The molecule has 2 aliphatic heterocycles. The van der Waals surface area contributed by atoms with E-state index in [0.29, 0.717) is 19.8 Å². The van der Waals surface area contributed by atoms with Crippen LogP contribution >= 0.6 is 0 Å². The van der Waals surface area contributed by atoms with Crippen molar-refractivity contribution in [2.24, 2.45) is 0 Å². The van der Waals surface area contributed by atoms with Gasteiger partial charge in [-0.3, -0.25) is 4.79 Å². The monoisotopic (exact) mass is 570 g/mol. The summed E-state index contributed by atoms with van der Waals surface area (Å²) in [5, 5.41) is 2.13. The predicted octanol–water partition coefficient (Wildman–Crippen LogP) is 5.82. The van der Waals surface area contributed by atoms with Crippen LogP contribution in [0, 0.1) is 0 Å². The van der Waals surface area contributed by atoms with Crippen LogP contribution in [0.1, 0.15) is 37.3 Å². The summed E-state index contributed by atoms with van der Waals surface area (Å²) < 4.78 is 36.5. The lowest BCUT2D eigenvalue weighted by Gasteiger charge is -2.18. The smallest absolute Gasteiger partial charge is 0.310 e. The van der Waals surface area contributed by atoms with Crippen molar-refractivity contribution in [1.82, 2.24) is 0 Å². The van der Waals surface area contributed by atoms with Crippen molar-refractivity contribution in [1.29, 1.82) is 0 Å². The number of ether oxygens (including phenoxy) is 6. The van der Waals surface area contributed by atoms with Gasteiger partial charge in [0.15, 0.2) is 35.7 Å². The number of rotatable bonds is 12. The van der Waals surface area contributed by atoms with E-state index in [-0.39, 0.29) is 19.2 Å². The van der Waals surface area contributed by atoms with Gasteiger partial charge in [0.1, 0.15) is 5.75 Å².